The number of aromatic nitrogens is 3. The van der Waals surface area contributed by atoms with E-state index < -0.39 is 0 Å². The molecular formula is C22H17BrN4O. The minimum absolute atomic E-state index is 0.555. The van der Waals surface area contributed by atoms with E-state index in [2.05, 4.69) is 36.2 Å². The Bertz CT molecular complexity index is 1090. The summed E-state index contributed by atoms with van der Waals surface area (Å²) in [5.74, 6) is 2.08. The minimum Gasteiger partial charge on any atom is -0.438 e. The summed E-state index contributed by atoms with van der Waals surface area (Å²) >= 11 is 3.43. The Morgan fingerprint density at radius 2 is 1.71 bits per heavy atom. The maximum Gasteiger partial charge on any atom is 0.227 e. The molecular weight excluding hydrogens is 416 g/mol. The van der Waals surface area contributed by atoms with Crippen molar-refractivity contribution in [1.82, 2.24) is 15.0 Å². The Morgan fingerprint density at radius 1 is 0.929 bits per heavy atom. The first-order valence-corrected chi connectivity index (χ1v) is 9.51. The van der Waals surface area contributed by atoms with Crippen molar-refractivity contribution < 1.29 is 4.74 Å². The van der Waals surface area contributed by atoms with Crippen molar-refractivity contribution in [3.8, 4) is 22.8 Å². The van der Waals surface area contributed by atoms with Crippen LogP contribution in [0.15, 0.2) is 83.9 Å². The van der Waals surface area contributed by atoms with Crippen LogP contribution in [0, 0.1) is 6.92 Å². The number of pyridine rings is 3. The Morgan fingerprint density at radius 3 is 2.46 bits per heavy atom. The Kier molecular flexibility index (Phi) is 5.30. The lowest BCUT2D eigenvalue weighted by molar-refractivity contribution is 0.465. The van der Waals surface area contributed by atoms with Crippen LogP contribution in [0.2, 0.25) is 0 Å². The van der Waals surface area contributed by atoms with Gasteiger partial charge in [0.15, 0.2) is 0 Å². The second kappa shape index (κ2) is 8.19. The molecule has 0 bridgehead atoms. The summed E-state index contributed by atoms with van der Waals surface area (Å²) in [7, 11) is 0. The molecule has 0 unspecified atom stereocenters. The second-order valence-electron chi connectivity index (χ2n) is 6.16. The number of ether oxygens (including phenoxy) is 1. The van der Waals surface area contributed by atoms with Gasteiger partial charge in [-0.1, -0.05) is 0 Å². The standard InChI is InChI=1S/C22H17BrN4O/c1-15-13-17(23)14-26-21(15)27-18-4-6-19(7-5-18)28-22-20(3-2-10-25-22)16-8-11-24-12-9-16/h2-14H,1H3,(H,26,27). The molecule has 6 heteroatoms. The van der Waals surface area contributed by atoms with Crippen molar-refractivity contribution >= 4 is 27.4 Å². The van der Waals surface area contributed by atoms with Crippen LogP contribution in [0.3, 0.4) is 0 Å². The van der Waals surface area contributed by atoms with Crippen molar-refractivity contribution in [2.24, 2.45) is 0 Å². The van der Waals surface area contributed by atoms with E-state index in [1.165, 1.54) is 0 Å². The molecule has 4 aromatic rings. The number of hydrogen-bond acceptors (Lipinski definition) is 5. The van der Waals surface area contributed by atoms with Gasteiger partial charge in [0.2, 0.25) is 5.88 Å². The molecule has 0 aliphatic carbocycles. The van der Waals surface area contributed by atoms with E-state index in [0.717, 1.165) is 32.7 Å². The van der Waals surface area contributed by atoms with E-state index in [1.54, 1.807) is 24.8 Å². The summed E-state index contributed by atoms with van der Waals surface area (Å²) in [6.45, 7) is 2.01. The first-order valence-electron chi connectivity index (χ1n) is 8.71. The van der Waals surface area contributed by atoms with Gasteiger partial charge in [-0.15, -0.1) is 0 Å². The summed E-state index contributed by atoms with van der Waals surface area (Å²) < 4.78 is 6.99. The predicted molar refractivity (Wildman–Crippen MR) is 114 cm³/mol. The first kappa shape index (κ1) is 18.1. The predicted octanol–water partition coefficient (Wildman–Crippen LogP) is 6.15. The lowest BCUT2D eigenvalue weighted by Crippen LogP contribution is -1.96. The van der Waals surface area contributed by atoms with Gasteiger partial charge in [0.1, 0.15) is 11.6 Å². The van der Waals surface area contributed by atoms with Crippen LogP contribution in [-0.4, -0.2) is 15.0 Å². The third-order valence-electron chi connectivity index (χ3n) is 4.14. The van der Waals surface area contributed by atoms with Crippen LogP contribution in [0.5, 0.6) is 11.6 Å². The van der Waals surface area contributed by atoms with E-state index in [1.807, 2.05) is 61.5 Å². The van der Waals surface area contributed by atoms with Gasteiger partial charge in [0.25, 0.3) is 0 Å². The SMILES string of the molecule is Cc1cc(Br)cnc1Nc1ccc(Oc2ncccc2-c2ccncc2)cc1. The highest BCUT2D eigenvalue weighted by atomic mass is 79.9. The van der Waals surface area contributed by atoms with Crippen LogP contribution in [0.25, 0.3) is 11.1 Å². The summed E-state index contributed by atoms with van der Waals surface area (Å²) in [6, 6.07) is 17.5. The van der Waals surface area contributed by atoms with E-state index >= 15 is 0 Å². The van der Waals surface area contributed by atoms with Gasteiger partial charge in [-0.2, -0.15) is 0 Å². The fraction of sp³-hybridized carbons (Fsp3) is 0.0455. The lowest BCUT2D eigenvalue weighted by atomic mass is 10.1. The fourth-order valence-electron chi connectivity index (χ4n) is 2.75. The van der Waals surface area contributed by atoms with Gasteiger partial charge >= 0.3 is 0 Å². The van der Waals surface area contributed by atoms with Crippen molar-refractivity contribution in [2.75, 3.05) is 5.32 Å². The Labute approximate surface area is 171 Å². The van der Waals surface area contributed by atoms with Crippen LogP contribution in [-0.2, 0) is 0 Å². The second-order valence-corrected chi connectivity index (χ2v) is 7.08. The third kappa shape index (κ3) is 4.18. The van der Waals surface area contributed by atoms with Crippen LogP contribution < -0.4 is 10.1 Å². The monoisotopic (exact) mass is 432 g/mol. The molecule has 0 radical (unpaired) electrons. The summed E-state index contributed by atoms with van der Waals surface area (Å²) in [6.07, 6.45) is 7.00. The number of rotatable bonds is 5. The molecule has 28 heavy (non-hydrogen) atoms. The smallest absolute Gasteiger partial charge is 0.227 e. The molecule has 0 saturated heterocycles. The first-order chi connectivity index (χ1) is 13.7. The molecule has 3 heterocycles. The average Bonchev–Trinajstić information content (AvgIpc) is 2.72. The lowest BCUT2D eigenvalue weighted by Gasteiger charge is -2.12. The zero-order valence-electron chi connectivity index (χ0n) is 15.1. The zero-order valence-corrected chi connectivity index (χ0v) is 16.7. The average molecular weight is 433 g/mol. The van der Waals surface area contributed by atoms with E-state index in [4.69, 9.17) is 4.74 Å². The van der Waals surface area contributed by atoms with Crippen molar-refractivity contribution in [2.45, 2.75) is 6.92 Å². The number of nitrogens with one attached hydrogen (secondary N) is 1. The Balaban J connectivity index is 1.53. The fourth-order valence-corrected chi connectivity index (χ4v) is 3.20. The zero-order chi connectivity index (χ0) is 19.3. The van der Waals surface area contributed by atoms with E-state index in [0.29, 0.717) is 11.6 Å². The number of nitrogens with zero attached hydrogens (tertiary/aromatic N) is 3. The number of benzene rings is 1. The Hall–Kier alpha value is -3.25. The van der Waals surface area contributed by atoms with Gasteiger partial charge in [-0.25, -0.2) is 9.97 Å². The molecule has 3 aromatic heterocycles. The molecule has 0 amide bonds. The van der Waals surface area contributed by atoms with Crippen molar-refractivity contribution in [3.63, 3.8) is 0 Å². The molecule has 4 rings (SSSR count). The largest absolute Gasteiger partial charge is 0.438 e. The minimum atomic E-state index is 0.555. The number of halogens is 1. The van der Waals surface area contributed by atoms with E-state index in [-0.39, 0.29) is 0 Å². The van der Waals surface area contributed by atoms with Gasteiger partial charge in [0.05, 0.1) is 0 Å². The molecule has 1 aromatic carbocycles. The quantitative estimate of drug-likeness (QED) is 0.409. The van der Waals surface area contributed by atoms with Gasteiger partial charge in [-0.05, 0) is 88.6 Å². The molecule has 1 N–H and O–H groups in total. The highest BCUT2D eigenvalue weighted by Gasteiger charge is 2.09. The summed E-state index contributed by atoms with van der Waals surface area (Å²) in [4.78, 5) is 12.9. The third-order valence-corrected chi connectivity index (χ3v) is 4.57. The highest BCUT2D eigenvalue weighted by molar-refractivity contribution is 9.10. The van der Waals surface area contributed by atoms with Crippen LogP contribution in [0.4, 0.5) is 11.5 Å². The molecule has 0 saturated carbocycles. The summed E-state index contributed by atoms with van der Waals surface area (Å²) in [5.41, 5.74) is 3.92. The molecule has 0 aliphatic heterocycles. The molecule has 138 valence electrons. The van der Waals surface area contributed by atoms with Crippen LogP contribution >= 0.6 is 15.9 Å². The topological polar surface area (TPSA) is 59.9 Å². The van der Waals surface area contributed by atoms with E-state index in [9.17, 15) is 0 Å². The molecule has 0 aliphatic rings. The molecule has 0 spiro atoms. The maximum absolute atomic E-state index is 6.03. The van der Waals surface area contributed by atoms with Gasteiger partial charge < -0.3 is 10.1 Å². The number of aryl methyl sites for hydroxylation is 1. The molecule has 0 atom stereocenters. The normalized spacial score (nSPS) is 10.5. The molecule has 5 nitrogen and oxygen atoms in total. The molecule has 0 fully saturated rings. The van der Waals surface area contributed by atoms with Crippen LogP contribution in [0.1, 0.15) is 5.56 Å². The van der Waals surface area contributed by atoms with Gasteiger partial charge in [0, 0.05) is 40.5 Å². The van der Waals surface area contributed by atoms with Crippen molar-refractivity contribution in [3.05, 3.63) is 89.4 Å². The maximum atomic E-state index is 6.03. The summed E-state index contributed by atoms with van der Waals surface area (Å²) in [5, 5.41) is 3.32. The van der Waals surface area contributed by atoms with Crippen molar-refractivity contribution in [1.29, 1.82) is 0 Å². The number of hydrogen-bond donors (Lipinski definition) is 1. The highest BCUT2D eigenvalue weighted by Crippen LogP contribution is 2.31. The van der Waals surface area contributed by atoms with Gasteiger partial charge in [-0.3, -0.25) is 4.98 Å². The number of anilines is 2.